The molecule has 3 aromatic rings. The number of aromatic carboxylic acids is 1. The number of phenolic OH excluding ortho intramolecular Hbond substituents is 1. The first-order valence-electron chi connectivity index (χ1n) is 10.8. The van der Waals surface area contributed by atoms with E-state index in [4.69, 9.17) is 5.11 Å². The molecule has 0 heterocycles. The van der Waals surface area contributed by atoms with E-state index in [0.717, 1.165) is 34.2 Å². The maximum atomic E-state index is 11.2. The van der Waals surface area contributed by atoms with Crippen LogP contribution in [0.2, 0.25) is 0 Å². The minimum absolute atomic E-state index is 0.0905. The van der Waals surface area contributed by atoms with E-state index in [0.29, 0.717) is 0 Å². The van der Waals surface area contributed by atoms with Crippen molar-refractivity contribution in [2.45, 2.75) is 58.3 Å². The molecule has 3 heteroatoms. The van der Waals surface area contributed by atoms with Gasteiger partial charge in [-0.05, 0) is 94.3 Å². The van der Waals surface area contributed by atoms with Crippen LogP contribution in [0, 0.1) is 6.92 Å². The van der Waals surface area contributed by atoms with Gasteiger partial charge in [0, 0.05) is 5.56 Å². The highest BCUT2D eigenvalue weighted by molar-refractivity contribution is 5.88. The van der Waals surface area contributed by atoms with Crippen LogP contribution in [-0.4, -0.2) is 16.2 Å². The van der Waals surface area contributed by atoms with E-state index < -0.39 is 5.97 Å². The Bertz CT molecular complexity index is 1170. The van der Waals surface area contributed by atoms with Gasteiger partial charge in [-0.3, -0.25) is 0 Å². The number of aryl methyl sites for hydroxylation is 1. The van der Waals surface area contributed by atoms with Crippen LogP contribution in [0.3, 0.4) is 0 Å². The molecule has 1 aliphatic carbocycles. The molecule has 0 spiro atoms. The molecular weight excluding hydrogens is 384 g/mol. The second-order valence-electron chi connectivity index (χ2n) is 10.1. The highest BCUT2D eigenvalue weighted by atomic mass is 16.4. The summed E-state index contributed by atoms with van der Waals surface area (Å²) in [6, 6.07) is 17.0. The highest BCUT2D eigenvalue weighted by Crippen LogP contribution is 2.48. The standard InChI is InChI=1S/C28H30O3/c1-17-14-23-24(28(4,5)13-12-27(23,2)3)16-21(17)22-15-20(10-11-25(22)29)18-6-8-19(9-7-18)26(30)31/h6-11,14-16,29H,12-13H2,1-5H3,(H,30,31). The molecule has 0 radical (unpaired) electrons. The summed E-state index contributed by atoms with van der Waals surface area (Å²) < 4.78 is 0. The van der Waals surface area contributed by atoms with Crippen molar-refractivity contribution in [3.05, 3.63) is 76.9 Å². The minimum atomic E-state index is -0.937. The zero-order valence-corrected chi connectivity index (χ0v) is 18.9. The van der Waals surface area contributed by atoms with Crippen molar-refractivity contribution < 1.29 is 15.0 Å². The first-order chi connectivity index (χ1) is 14.5. The summed E-state index contributed by atoms with van der Waals surface area (Å²) in [6.45, 7) is 11.4. The topological polar surface area (TPSA) is 57.5 Å². The second kappa shape index (κ2) is 7.26. The number of carbonyl (C=O) groups is 1. The van der Waals surface area contributed by atoms with Gasteiger partial charge < -0.3 is 10.2 Å². The first-order valence-corrected chi connectivity index (χ1v) is 10.8. The van der Waals surface area contributed by atoms with Gasteiger partial charge in [0.25, 0.3) is 0 Å². The lowest BCUT2D eigenvalue weighted by Gasteiger charge is -2.42. The van der Waals surface area contributed by atoms with Crippen molar-refractivity contribution in [2.75, 3.05) is 0 Å². The van der Waals surface area contributed by atoms with Gasteiger partial charge in [0.2, 0.25) is 0 Å². The summed E-state index contributed by atoms with van der Waals surface area (Å²) in [4.78, 5) is 11.2. The number of phenols is 1. The Morgan fingerprint density at radius 3 is 1.90 bits per heavy atom. The molecule has 3 aromatic carbocycles. The highest BCUT2D eigenvalue weighted by Gasteiger charge is 2.37. The van der Waals surface area contributed by atoms with Crippen molar-refractivity contribution in [3.63, 3.8) is 0 Å². The van der Waals surface area contributed by atoms with E-state index in [2.05, 4.69) is 46.8 Å². The van der Waals surface area contributed by atoms with Crippen LogP contribution in [-0.2, 0) is 10.8 Å². The molecule has 1 aliphatic rings. The van der Waals surface area contributed by atoms with Gasteiger partial charge in [0.1, 0.15) is 5.75 Å². The van der Waals surface area contributed by atoms with Gasteiger partial charge in [-0.1, -0.05) is 52.0 Å². The van der Waals surface area contributed by atoms with Gasteiger partial charge in [-0.2, -0.15) is 0 Å². The number of aromatic hydroxyl groups is 1. The molecule has 0 unspecified atom stereocenters. The molecule has 4 rings (SSSR count). The molecular formula is C28H30O3. The summed E-state index contributed by atoms with van der Waals surface area (Å²) >= 11 is 0. The van der Waals surface area contributed by atoms with Crippen LogP contribution in [0.4, 0.5) is 0 Å². The Hall–Kier alpha value is -3.07. The summed E-state index contributed by atoms with van der Waals surface area (Å²) in [5, 5.41) is 19.9. The summed E-state index contributed by atoms with van der Waals surface area (Å²) in [5.74, 6) is -0.685. The normalized spacial score (nSPS) is 16.5. The third kappa shape index (κ3) is 3.74. The molecule has 2 N–H and O–H groups in total. The molecule has 0 aromatic heterocycles. The number of hydrogen-bond donors (Lipinski definition) is 2. The monoisotopic (exact) mass is 414 g/mol. The van der Waals surface area contributed by atoms with E-state index in [1.54, 1.807) is 18.2 Å². The Morgan fingerprint density at radius 2 is 1.32 bits per heavy atom. The number of fused-ring (bicyclic) bond motifs is 1. The van der Waals surface area contributed by atoms with E-state index in [1.807, 2.05) is 24.3 Å². The van der Waals surface area contributed by atoms with Gasteiger partial charge >= 0.3 is 5.97 Å². The molecule has 0 saturated heterocycles. The molecule has 31 heavy (non-hydrogen) atoms. The zero-order chi connectivity index (χ0) is 22.6. The quantitative estimate of drug-likeness (QED) is 0.481. The smallest absolute Gasteiger partial charge is 0.335 e. The zero-order valence-electron chi connectivity index (χ0n) is 18.9. The van der Waals surface area contributed by atoms with Gasteiger partial charge in [0.15, 0.2) is 0 Å². The predicted octanol–water partition coefficient (Wildman–Crippen LogP) is 7.08. The van der Waals surface area contributed by atoms with Crippen LogP contribution in [0.15, 0.2) is 54.6 Å². The van der Waals surface area contributed by atoms with E-state index in [9.17, 15) is 9.90 Å². The van der Waals surface area contributed by atoms with Gasteiger partial charge in [-0.25, -0.2) is 4.79 Å². The average Bonchev–Trinajstić information content (AvgIpc) is 2.72. The molecule has 0 atom stereocenters. The summed E-state index contributed by atoms with van der Waals surface area (Å²) in [7, 11) is 0. The average molecular weight is 415 g/mol. The molecule has 0 bridgehead atoms. The number of hydrogen-bond acceptors (Lipinski definition) is 2. The Kier molecular flexibility index (Phi) is 4.96. The van der Waals surface area contributed by atoms with Crippen LogP contribution in [0.5, 0.6) is 5.75 Å². The first kappa shape index (κ1) is 21.2. The number of carboxylic acids is 1. The van der Waals surface area contributed by atoms with Crippen molar-refractivity contribution in [2.24, 2.45) is 0 Å². The predicted molar refractivity (Wildman–Crippen MR) is 126 cm³/mol. The number of carboxylic acid groups (broad SMARTS) is 1. The fraction of sp³-hybridized carbons (Fsp3) is 0.321. The van der Waals surface area contributed by atoms with Crippen molar-refractivity contribution in [1.29, 1.82) is 0 Å². The lowest BCUT2D eigenvalue weighted by Crippen LogP contribution is -2.34. The minimum Gasteiger partial charge on any atom is -0.507 e. The Morgan fingerprint density at radius 1 is 0.774 bits per heavy atom. The molecule has 0 saturated carbocycles. The van der Waals surface area contributed by atoms with Gasteiger partial charge in [0.05, 0.1) is 5.56 Å². The van der Waals surface area contributed by atoms with Crippen LogP contribution >= 0.6 is 0 Å². The lowest BCUT2D eigenvalue weighted by atomic mass is 9.62. The second-order valence-corrected chi connectivity index (χ2v) is 10.1. The van der Waals surface area contributed by atoms with E-state index in [1.165, 1.54) is 17.5 Å². The summed E-state index contributed by atoms with van der Waals surface area (Å²) in [6.07, 6.45) is 2.30. The van der Waals surface area contributed by atoms with Crippen molar-refractivity contribution in [1.82, 2.24) is 0 Å². The third-order valence-corrected chi connectivity index (χ3v) is 6.95. The fourth-order valence-electron chi connectivity index (χ4n) is 4.75. The lowest BCUT2D eigenvalue weighted by molar-refractivity contribution is 0.0697. The maximum Gasteiger partial charge on any atom is 0.335 e. The molecule has 0 fully saturated rings. The van der Waals surface area contributed by atoms with E-state index in [-0.39, 0.29) is 22.1 Å². The largest absolute Gasteiger partial charge is 0.507 e. The molecule has 0 amide bonds. The van der Waals surface area contributed by atoms with Crippen LogP contribution in [0.1, 0.15) is 67.6 Å². The maximum absolute atomic E-state index is 11.2. The van der Waals surface area contributed by atoms with Gasteiger partial charge in [-0.15, -0.1) is 0 Å². The van der Waals surface area contributed by atoms with Crippen molar-refractivity contribution in [3.8, 4) is 28.0 Å². The third-order valence-electron chi connectivity index (χ3n) is 6.95. The SMILES string of the molecule is Cc1cc2c(cc1-c1cc(-c3ccc(C(=O)O)cc3)ccc1O)C(C)(C)CCC2(C)C. The molecule has 3 nitrogen and oxygen atoms in total. The number of rotatable bonds is 3. The van der Waals surface area contributed by atoms with Crippen LogP contribution < -0.4 is 0 Å². The summed E-state index contributed by atoms with van der Waals surface area (Å²) in [5.41, 5.74) is 8.13. The van der Waals surface area contributed by atoms with Crippen molar-refractivity contribution >= 4 is 5.97 Å². The Labute approximate surface area is 184 Å². The number of benzene rings is 3. The molecule has 0 aliphatic heterocycles. The molecule has 160 valence electrons. The van der Waals surface area contributed by atoms with Crippen LogP contribution in [0.25, 0.3) is 22.3 Å². The Balaban J connectivity index is 1.85. The van der Waals surface area contributed by atoms with E-state index >= 15 is 0 Å². The fourth-order valence-corrected chi connectivity index (χ4v) is 4.75.